The zero-order valence-corrected chi connectivity index (χ0v) is 10.9. The molecule has 2 aliphatic carbocycles. The van der Waals surface area contributed by atoms with Gasteiger partial charge in [-0.15, -0.1) is 0 Å². The van der Waals surface area contributed by atoms with Crippen LogP contribution in [-0.4, -0.2) is 31.7 Å². The second-order valence-electron chi connectivity index (χ2n) is 5.98. The topological polar surface area (TPSA) is 64.3 Å². The fourth-order valence-corrected chi connectivity index (χ4v) is 2.90. The molecule has 4 heteroatoms. The van der Waals surface area contributed by atoms with Crippen molar-refractivity contribution in [2.75, 3.05) is 13.7 Å². The van der Waals surface area contributed by atoms with Crippen LogP contribution in [0.3, 0.4) is 0 Å². The van der Waals surface area contributed by atoms with E-state index in [1.807, 2.05) is 0 Å². The molecule has 1 amide bonds. The second kappa shape index (κ2) is 4.94. The number of hydrogen-bond donors (Lipinski definition) is 2. The molecular weight excluding hydrogens is 216 g/mol. The van der Waals surface area contributed by atoms with E-state index in [1.165, 1.54) is 19.3 Å². The van der Waals surface area contributed by atoms with Crippen molar-refractivity contribution >= 4 is 5.91 Å². The number of amides is 1. The number of carbonyl (C=O) groups excluding carboxylic acids is 1. The lowest BCUT2D eigenvalue weighted by Gasteiger charge is -2.38. The van der Waals surface area contributed by atoms with Crippen LogP contribution in [0.5, 0.6) is 0 Å². The monoisotopic (exact) mass is 240 g/mol. The minimum atomic E-state index is -0.0661. The Labute approximate surface area is 103 Å². The number of nitrogens with one attached hydrogen (secondary N) is 1. The zero-order chi connectivity index (χ0) is 12.5. The van der Waals surface area contributed by atoms with Crippen molar-refractivity contribution < 1.29 is 9.53 Å². The summed E-state index contributed by atoms with van der Waals surface area (Å²) in [5.41, 5.74) is 6.32. The fraction of sp³-hybridized carbons (Fsp3) is 0.923. The molecule has 98 valence electrons. The Hall–Kier alpha value is -0.610. The third-order valence-electron chi connectivity index (χ3n) is 4.49. The summed E-state index contributed by atoms with van der Waals surface area (Å²) in [7, 11) is 1.69. The average Bonchev–Trinajstić information content (AvgIpc) is 2.65. The van der Waals surface area contributed by atoms with Crippen LogP contribution >= 0.6 is 0 Å². The van der Waals surface area contributed by atoms with Gasteiger partial charge in [-0.2, -0.15) is 0 Å². The molecule has 0 radical (unpaired) electrons. The van der Waals surface area contributed by atoms with Crippen molar-refractivity contribution in [2.45, 2.75) is 51.2 Å². The Bertz CT molecular complexity index is 289. The zero-order valence-electron chi connectivity index (χ0n) is 10.9. The van der Waals surface area contributed by atoms with Gasteiger partial charge in [-0.3, -0.25) is 4.79 Å². The smallest absolute Gasteiger partial charge is 0.224 e. The highest BCUT2D eigenvalue weighted by atomic mass is 16.5. The van der Waals surface area contributed by atoms with Crippen LogP contribution in [0.1, 0.15) is 39.0 Å². The van der Waals surface area contributed by atoms with Gasteiger partial charge in [-0.25, -0.2) is 0 Å². The first kappa shape index (κ1) is 12.8. The quantitative estimate of drug-likeness (QED) is 0.772. The summed E-state index contributed by atoms with van der Waals surface area (Å²) in [5, 5.41) is 3.07. The molecular formula is C13H24N2O2. The summed E-state index contributed by atoms with van der Waals surface area (Å²) < 4.78 is 5.28. The van der Waals surface area contributed by atoms with Gasteiger partial charge in [0.25, 0.3) is 0 Å². The number of ether oxygens (including phenoxy) is 1. The lowest BCUT2D eigenvalue weighted by Crippen LogP contribution is -2.44. The van der Waals surface area contributed by atoms with E-state index < -0.39 is 0 Å². The average molecular weight is 240 g/mol. The molecule has 2 fully saturated rings. The highest BCUT2D eigenvalue weighted by molar-refractivity contribution is 5.79. The first-order chi connectivity index (χ1) is 8.04. The Morgan fingerprint density at radius 2 is 2.18 bits per heavy atom. The van der Waals surface area contributed by atoms with Crippen LogP contribution < -0.4 is 11.1 Å². The van der Waals surface area contributed by atoms with Gasteiger partial charge in [-0.05, 0) is 31.1 Å². The minimum absolute atomic E-state index is 0.0471. The number of rotatable bonds is 4. The lowest BCUT2D eigenvalue weighted by molar-refractivity contribution is -0.126. The summed E-state index contributed by atoms with van der Waals surface area (Å²) in [6.45, 7) is 3.04. The molecule has 2 rings (SSSR count). The summed E-state index contributed by atoms with van der Waals surface area (Å²) in [6, 6.07) is -0.0471. The summed E-state index contributed by atoms with van der Waals surface area (Å²) in [6.07, 6.45) is 5.46. The molecule has 2 aliphatic rings. The molecule has 2 saturated carbocycles. The van der Waals surface area contributed by atoms with Crippen LogP contribution in [0.15, 0.2) is 0 Å². The van der Waals surface area contributed by atoms with Gasteiger partial charge in [0.15, 0.2) is 0 Å². The maximum absolute atomic E-state index is 12.1. The van der Waals surface area contributed by atoms with E-state index in [9.17, 15) is 4.79 Å². The van der Waals surface area contributed by atoms with Gasteiger partial charge < -0.3 is 15.8 Å². The summed E-state index contributed by atoms with van der Waals surface area (Å²) >= 11 is 0. The van der Waals surface area contributed by atoms with Crippen LogP contribution in [0.4, 0.5) is 0 Å². The number of nitrogens with two attached hydrogens (primary N) is 1. The van der Waals surface area contributed by atoms with Crippen molar-refractivity contribution in [1.29, 1.82) is 0 Å². The van der Waals surface area contributed by atoms with Gasteiger partial charge in [-0.1, -0.05) is 13.3 Å². The van der Waals surface area contributed by atoms with Crippen LogP contribution in [0, 0.1) is 11.3 Å². The van der Waals surface area contributed by atoms with Gasteiger partial charge in [0.05, 0.1) is 12.0 Å². The Balaban J connectivity index is 1.79. The van der Waals surface area contributed by atoms with Crippen molar-refractivity contribution in [3.63, 3.8) is 0 Å². The van der Waals surface area contributed by atoms with Gasteiger partial charge in [0, 0.05) is 19.7 Å². The molecule has 3 atom stereocenters. The molecule has 0 aliphatic heterocycles. The largest absolute Gasteiger partial charge is 0.381 e. The molecule has 4 nitrogen and oxygen atoms in total. The van der Waals surface area contributed by atoms with Crippen LogP contribution in [0.25, 0.3) is 0 Å². The SMILES string of the molecule is COC1CC(N)C(C(=O)NCC2(C)CCC2)C1. The molecule has 3 unspecified atom stereocenters. The van der Waals surface area contributed by atoms with E-state index in [2.05, 4.69) is 12.2 Å². The maximum Gasteiger partial charge on any atom is 0.224 e. The molecule has 17 heavy (non-hydrogen) atoms. The van der Waals surface area contributed by atoms with Crippen molar-refractivity contribution in [1.82, 2.24) is 5.32 Å². The molecule has 0 saturated heterocycles. The standard InChI is InChI=1S/C13H24N2O2/c1-13(4-3-5-13)8-15-12(16)10-6-9(17-2)7-11(10)14/h9-11H,3-8,14H2,1-2H3,(H,15,16). The second-order valence-corrected chi connectivity index (χ2v) is 5.98. The number of hydrogen-bond acceptors (Lipinski definition) is 3. The number of carbonyl (C=O) groups is 1. The predicted molar refractivity (Wildman–Crippen MR) is 66.5 cm³/mol. The molecule has 0 heterocycles. The summed E-state index contributed by atoms with van der Waals surface area (Å²) in [5.74, 6) is 0.0498. The van der Waals surface area contributed by atoms with E-state index >= 15 is 0 Å². The van der Waals surface area contributed by atoms with E-state index in [1.54, 1.807) is 7.11 Å². The van der Waals surface area contributed by atoms with Crippen molar-refractivity contribution in [3.05, 3.63) is 0 Å². The van der Waals surface area contributed by atoms with E-state index in [-0.39, 0.29) is 24.0 Å². The van der Waals surface area contributed by atoms with Gasteiger partial charge in [0.1, 0.15) is 0 Å². The van der Waals surface area contributed by atoms with E-state index in [4.69, 9.17) is 10.5 Å². The Kier molecular flexibility index (Phi) is 3.73. The highest BCUT2D eigenvalue weighted by Crippen LogP contribution is 2.39. The maximum atomic E-state index is 12.1. The fourth-order valence-electron chi connectivity index (χ4n) is 2.90. The highest BCUT2D eigenvalue weighted by Gasteiger charge is 2.38. The van der Waals surface area contributed by atoms with Gasteiger partial charge in [0.2, 0.25) is 5.91 Å². The minimum Gasteiger partial charge on any atom is -0.381 e. The van der Waals surface area contributed by atoms with Crippen molar-refractivity contribution in [3.8, 4) is 0 Å². The Morgan fingerprint density at radius 3 is 2.65 bits per heavy atom. The predicted octanol–water partition coefficient (Wildman–Crippen LogP) is 1.05. The third kappa shape index (κ3) is 2.80. The molecule has 0 spiro atoms. The molecule has 0 aromatic rings. The molecule has 0 aromatic carbocycles. The lowest BCUT2D eigenvalue weighted by atomic mass is 9.70. The van der Waals surface area contributed by atoms with E-state index in [0.717, 1.165) is 19.4 Å². The van der Waals surface area contributed by atoms with Gasteiger partial charge >= 0.3 is 0 Å². The summed E-state index contributed by atoms with van der Waals surface area (Å²) in [4.78, 5) is 12.1. The van der Waals surface area contributed by atoms with E-state index in [0.29, 0.717) is 5.41 Å². The molecule has 3 N–H and O–H groups in total. The van der Waals surface area contributed by atoms with Crippen LogP contribution in [0.2, 0.25) is 0 Å². The normalized spacial score (nSPS) is 35.4. The third-order valence-corrected chi connectivity index (χ3v) is 4.49. The Morgan fingerprint density at radius 1 is 1.47 bits per heavy atom. The van der Waals surface area contributed by atoms with Crippen LogP contribution in [-0.2, 0) is 9.53 Å². The number of methoxy groups -OCH3 is 1. The molecule has 0 aromatic heterocycles. The first-order valence-electron chi connectivity index (χ1n) is 6.60. The first-order valence-corrected chi connectivity index (χ1v) is 6.60. The molecule has 0 bridgehead atoms. The van der Waals surface area contributed by atoms with Crippen molar-refractivity contribution in [2.24, 2.45) is 17.1 Å².